The average molecular weight is 268 g/mol. The fourth-order valence-corrected chi connectivity index (χ4v) is 2.49. The third-order valence-electron chi connectivity index (χ3n) is 2.75. The molecule has 0 aliphatic heterocycles. The zero-order valence-corrected chi connectivity index (χ0v) is 11.0. The second-order valence-electron chi connectivity index (χ2n) is 4.15. The lowest BCUT2D eigenvalue weighted by molar-refractivity contribution is 0.469. The predicted molar refractivity (Wildman–Crippen MR) is 68.4 cm³/mol. The van der Waals surface area contributed by atoms with Gasteiger partial charge in [0.15, 0.2) is 0 Å². The van der Waals surface area contributed by atoms with E-state index in [9.17, 15) is 8.78 Å². The van der Waals surface area contributed by atoms with Crippen LogP contribution in [0.1, 0.15) is 36.5 Å². The monoisotopic (exact) mass is 268 g/mol. The molecule has 2 rings (SSSR count). The molecular weight excluding hydrogens is 254 g/mol. The highest BCUT2D eigenvalue weighted by atomic mass is 32.1. The van der Waals surface area contributed by atoms with E-state index >= 15 is 0 Å². The van der Waals surface area contributed by atoms with Gasteiger partial charge in [0, 0.05) is 29.2 Å². The van der Waals surface area contributed by atoms with Gasteiger partial charge in [0.25, 0.3) is 0 Å². The second-order valence-corrected chi connectivity index (χ2v) is 5.07. The molecule has 2 aromatic rings. The Morgan fingerprint density at radius 2 is 2.00 bits per heavy atom. The van der Waals surface area contributed by atoms with Crippen molar-refractivity contribution in [3.8, 4) is 0 Å². The SMILES string of the molecule is CC(NC(C)c1ccc(F)cc1F)c1nccs1. The number of nitrogens with zero attached hydrogens (tertiary/aromatic N) is 1. The van der Waals surface area contributed by atoms with Crippen LogP contribution in [-0.2, 0) is 0 Å². The lowest BCUT2D eigenvalue weighted by Crippen LogP contribution is -2.23. The molecule has 0 fully saturated rings. The zero-order chi connectivity index (χ0) is 13.1. The summed E-state index contributed by atoms with van der Waals surface area (Å²) in [6.07, 6.45) is 1.74. The number of hydrogen-bond acceptors (Lipinski definition) is 3. The molecule has 0 radical (unpaired) electrons. The highest BCUT2D eigenvalue weighted by molar-refractivity contribution is 7.09. The molecule has 0 saturated carbocycles. The van der Waals surface area contributed by atoms with Gasteiger partial charge in [-0.1, -0.05) is 6.07 Å². The topological polar surface area (TPSA) is 24.9 Å². The van der Waals surface area contributed by atoms with Crippen LogP contribution in [0.5, 0.6) is 0 Å². The summed E-state index contributed by atoms with van der Waals surface area (Å²) < 4.78 is 26.4. The Bertz CT molecular complexity index is 514. The average Bonchev–Trinajstić information content (AvgIpc) is 2.81. The molecule has 0 aliphatic carbocycles. The van der Waals surface area contributed by atoms with Gasteiger partial charge >= 0.3 is 0 Å². The molecule has 2 unspecified atom stereocenters. The van der Waals surface area contributed by atoms with Crippen molar-refractivity contribution < 1.29 is 8.78 Å². The molecule has 5 heteroatoms. The Labute approximate surface area is 109 Å². The van der Waals surface area contributed by atoms with Gasteiger partial charge in [-0.25, -0.2) is 13.8 Å². The lowest BCUT2D eigenvalue weighted by Gasteiger charge is -2.19. The standard InChI is InChI=1S/C13H14F2N2S/c1-8(11-4-3-10(14)7-12(11)15)17-9(2)13-16-5-6-18-13/h3-9,17H,1-2H3. The number of benzene rings is 1. The largest absolute Gasteiger partial charge is 0.301 e. The predicted octanol–water partition coefficient (Wildman–Crippen LogP) is 3.83. The maximum atomic E-state index is 13.6. The Morgan fingerprint density at radius 1 is 1.22 bits per heavy atom. The first kappa shape index (κ1) is 13.1. The van der Waals surface area contributed by atoms with Crippen LogP contribution < -0.4 is 5.32 Å². The molecule has 0 aliphatic rings. The third-order valence-corrected chi connectivity index (χ3v) is 3.71. The second kappa shape index (κ2) is 5.54. The molecule has 0 spiro atoms. The molecule has 2 nitrogen and oxygen atoms in total. The van der Waals surface area contributed by atoms with Gasteiger partial charge in [0.2, 0.25) is 0 Å². The van der Waals surface area contributed by atoms with Crippen LogP contribution in [0.15, 0.2) is 29.8 Å². The summed E-state index contributed by atoms with van der Waals surface area (Å²) in [5.74, 6) is -1.09. The Kier molecular flexibility index (Phi) is 4.04. The van der Waals surface area contributed by atoms with Gasteiger partial charge in [-0.2, -0.15) is 0 Å². The summed E-state index contributed by atoms with van der Waals surface area (Å²) in [6, 6.07) is 3.47. The van der Waals surface area contributed by atoms with E-state index in [0.717, 1.165) is 11.1 Å². The molecular formula is C13H14F2N2S. The van der Waals surface area contributed by atoms with Crippen molar-refractivity contribution in [2.45, 2.75) is 25.9 Å². The van der Waals surface area contributed by atoms with E-state index in [1.807, 2.05) is 19.2 Å². The first-order chi connectivity index (χ1) is 8.58. The van der Waals surface area contributed by atoms with Gasteiger partial charge in [-0.3, -0.25) is 0 Å². The summed E-state index contributed by atoms with van der Waals surface area (Å²) >= 11 is 1.55. The molecule has 1 aromatic carbocycles. The summed E-state index contributed by atoms with van der Waals surface area (Å²) in [5, 5.41) is 6.09. The van der Waals surface area contributed by atoms with Gasteiger partial charge in [-0.15, -0.1) is 11.3 Å². The Hall–Kier alpha value is -1.33. The van der Waals surface area contributed by atoms with E-state index < -0.39 is 11.6 Å². The summed E-state index contributed by atoms with van der Waals surface area (Å²) in [4.78, 5) is 4.20. The summed E-state index contributed by atoms with van der Waals surface area (Å²) in [7, 11) is 0. The normalized spacial score (nSPS) is 14.4. The van der Waals surface area contributed by atoms with Crippen LogP contribution in [0.25, 0.3) is 0 Å². The fraction of sp³-hybridized carbons (Fsp3) is 0.308. The molecule has 1 heterocycles. The molecule has 96 valence electrons. The zero-order valence-electron chi connectivity index (χ0n) is 10.2. The minimum absolute atomic E-state index is 0.0319. The van der Waals surface area contributed by atoms with Crippen LogP contribution in [0.2, 0.25) is 0 Å². The number of halogens is 2. The summed E-state index contributed by atoms with van der Waals surface area (Å²) in [6.45, 7) is 3.82. The highest BCUT2D eigenvalue weighted by Crippen LogP contribution is 2.22. The van der Waals surface area contributed by atoms with Gasteiger partial charge in [-0.05, 0) is 19.9 Å². The number of nitrogens with one attached hydrogen (secondary N) is 1. The number of aromatic nitrogens is 1. The van der Waals surface area contributed by atoms with E-state index in [1.54, 1.807) is 17.5 Å². The molecule has 0 bridgehead atoms. The number of thiazole rings is 1. The van der Waals surface area contributed by atoms with E-state index in [0.29, 0.717) is 5.56 Å². The van der Waals surface area contributed by atoms with Crippen molar-refractivity contribution in [3.05, 3.63) is 52.0 Å². The highest BCUT2D eigenvalue weighted by Gasteiger charge is 2.16. The Morgan fingerprint density at radius 3 is 2.61 bits per heavy atom. The molecule has 1 N–H and O–H groups in total. The van der Waals surface area contributed by atoms with Crippen LogP contribution in [0, 0.1) is 11.6 Å². The van der Waals surface area contributed by atoms with E-state index in [4.69, 9.17) is 0 Å². The molecule has 2 atom stereocenters. The van der Waals surface area contributed by atoms with E-state index in [-0.39, 0.29) is 12.1 Å². The lowest BCUT2D eigenvalue weighted by atomic mass is 10.1. The maximum absolute atomic E-state index is 13.6. The first-order valence-corrected chi connectivity index (χ1v) is 6.56. The number of hydrogen-bond donors (Lipinski definition) is 1. The van der Waals surface area contributed by atoms with Crippen molar-refractivity contribution in [1.29, 1.82) is 0 Å². The molecule has 18 heavy (non-hydrogen) atoms. The van der Waals surface area contributed by atoms with Gasteiger partial charge < -0.3 is 5.32 Å². The van der Waals surface area contributed by atoms with Gasteiger partial charge in [0.1, 0.15) is 16.6 Å². The molecule has 1 aromatic heterocycles. The smallest absolute Gasteiger partial charge is 0.130 e. The van der Waals surface area contributed by atoms with Crippen molar-refractivity contribution >= 4 is 11.3 Å². The van der Waals surface area contributed by atoms with Crippen molar-refractivity contribution in [2.75, 3.05) is 0 Å². The number of rotatable bonds is 4. The molecule has 0 saturated heterocycles. The minimum atomic E-state index is -0.559. The van der Waals surface area contributed by atoms with Crippen molar-refractivity contribution in [2.24, 2.45) is 0 Å². The van der Waals surface area contributed by atoms with E-state index in [2.05, 4.69) is 10.3 Å². The quantitative estimate of drug-likeness (QED) is 0.911. The van der Waals surface area contributed by atoms with Crippen LogP contribution in [0.4, 0.5) is 8.78 Å². The van der Waals surface area contributed by atoms with Crippen molar-refractivity contribution in [1.82, 2.24) is 10.3 Å². The Balaban J connectivity index is 2.10. The maximum Gasteiger partial charge on any atom is 0.130 e. The third kappa shape index (κ3) is 2.91. The fourth-order valence-electron chi connectivity index (χ4n) is 1.84. The van der Waals surface area contributed by atoms with Crippen LogP contribution in [0.3, 0.4) is 0 Å². The van der Waals surface area contributed by atoms with E-state index in [1.165, 1.54) is 12.1 Å². The van der Waals surface area contributed by atoms with Gasteiger partial charge in [0.05, 0.1) is 6.04 Å². The van der Waals surface area contributed by atoms with Crippen LogP contribution in [-0.4, -0.2) is 4.98 Å². The van der Waals surface area contributed by atoms with Crippen molar-refractivity contribution in [3.63, 3.8) is 0 Å². The summed E-state index contributed by atoms with van der Waals surface area (Å²) in [5.41, 5.74) is 0.458. The molecule has 0 amide bonds. The van der Waals surface area contributed by atoms with Crippen LogP contribution >= 0.6 is 11.3 Å². The first-order valence-electron chi connectivity index (χ1n) is 5.68. The minimum Gasteiger partial charge on any atom is -0.301 e.